The Bertz CT molecular complexity index is 1020. The van der Waals surface area contributed by atoms with Crippen molar-refractivity contribution in [3.63, 3.8) is 0 Å². The number of aliphatic hydroxyl groups excluding tert-OH is 1. The normalized spacial score (nSPS) is 12.9. The minimum absolute atomic E-state index is 0.00929. The molecule has 0 spiro atoms. The summed E-state index contributed by atoms with van der Waals surface area (Å²) in [5.74, 6) is -6.39. The van der Waals surface area contributed by atoms with E-state index in [-0.39, 0.29) is 36.1 Å². The Kier molecular flexibility index (Phi) is 10.5. The van der Waals surface area contributed by atoms with Gasteiger partial charge in [-0.3, -0.25) is 4.79 Å². The molecule has 0 unspecified atom stereocenters. The fourth-order valence-electron chi connectivity index (χ4n) is 3.66. The number of benzene rings is 2. The molecule has 0 saturated carbocycles. The molecule has 0 saturated heterocycles. The molecule has 0 aliphatic heterocycles. The van der Waals surface area contributed by atoms with E-state index in [9.17, 15) is 36.6 Å². The van der Waals surface area contributed by atoms with Gasteiger partial charge in [0.25, 0.3) is 0 Å². The van der Waals surface area contributed by atoms with E-state index in [0.29, 0.717) is 0 Å². The summed E-state index contributed by atoms with van der Waals surface area (Å²) in [4.78, 5) is 22.1. The number of β-amino-alcohol motifs (C(OH)–C–C–N with tert-alkyl or cyclic N) is 1. The summed E-state index contributed by atoms with van der Waals surface area (Å²) in [6, 6.07) is 12.1. The summed E-state index contributed by atoms with van der Waals surface area (Å²) in [7, 11) is 0. The molecule has 0 amide bonds. The number of aliphatic hydroxyl groups is 1. The van der Waals surface area contributed by atoms with Crippen molar-refractivity contribution in [2.75, 3.05) is 6.54 Å². The highest BCUT2D eigenvalue weighted by Gasteiger charge is 2.42. The molecule has 10 heteroatoms. The third-order valence-corrected chi connectivity index (χ3v) is 5.64. The van der Waals surface area contributed by atoms with E-state index in [4.69, 9.17) is 0 Å². The van der Waals surface area contributed by atoms with Gasteiger partial charge in [-0.25, -0.2) is 13.6 Å². The average Bonchev–Trinajstić information content (AvgIpc) is 2.79. The first kappa shape index (κ1) is 29.4. The van der Waals surface area contributed by atoms with E-state index in [2.05, 4.69) is 10.1 Å². The molecule has 2 N–H and O–H groups in total. The van der Waals surface area contributed by atoms with Gasteiger partial charge in [-0.15, -0.1) is 0 Å². The number of rotatable bonds is 12. The number of carbonyl (C=O) groups is 2. The van der Waals surface area contributed by atoms with Crippen LogP contribution in [0.1, 0.15) is 62.3 Å². The van der Waals surface area contributed by atoms with Gasteiger partial charge in [0.05, 0.1) is 6.10 Å². The lowest BCUT2D eigenvalue weighted by atomic mass is 9.94. The molecular formula is C26H30F5NO4. The Labute approximate surface area is 206 Å². The van der Waals surface area contributed by atoms with Crippen LogP contribution in [0.15, 0.2) is 42.5 Å². The third kappa shape index (κ3) is 9.66. The molecule has 0 heterocycles. The molecule has 198 valence electrons. The molecule has 0 fully saturated rings. The van der Waals surface area contributed by atoms with Gasteiger partial charge in [0.15, 0.2) is 11.6 Å². The second kappa shape index (κ2) is 12.9. The van der Waals surface area contributed by atoms with E-state index in [1.807, 2.05) is 44.2 Å². The first-order chi connectivity index (χ1) is 16.8. The van der Waals surface area contributed by atoms with E-state index in [0.717, 1.165) is 25.3 Å². The number of ether oxygens (including phenoxy) is 1. The summed E-state index contributed by atoms with van der Waals surface area (Å²) in [5, 5.41) is 13.7. The van der Waals surface area contributed by atoms with Crippen LogP contribution in [0.2, 0.25) is 0 Å². The van der Waals surface area contributed by atoms with Crippen LogP contribution >= 0.6 is 0 Å². The van der Waals surface area contributed by atoms with Crippen molar-refractivity contribution in [2.24, 2.45) is 0 Å². The molecule has 2 aromatic carbocycles. The number of halogens is 5. The van der Waals surface area contributed by atoms with Crippen molar-refractivity contribution in [2.45, 2.75) is 70.2 Å². The van der Waals surface area contributed by atoms with Gasteiger partial charge in [0.2, 0.25) is 0 Å². The monoisotopic (exact) mass is 515 g/mol. The Hall–Kier alpha value is -2.85. The first-order valence-electron chi connectivity index (χ1n) is 11.5. The van der Waals surface area contributed by atoms with Crippen molar-refractivity contribution in [3.05, 3.63) is 70.8 Å². The fraction of sp³-hybridized carbons (Fsp3) is 0.462. The van der Waals surface area contributed by atoms with Crippen molar-refractivity contribution < 1.29 is 41.4 Å². The quantitative estimate of drug-likeness (QED) is 0.227. The van der Waals surface area contributed by atoms with E-state index in [1.165, 1.54) is 11.6 Å². The van der Waals surface area contributed by atoms with E-state index >= 15 is 0 Å². The number of aryl methyl sites for hydroxylation is 2. The van der Waals surface area contributed by atoms with Crippen molar-refractivity contribution in [3.8, 4) is 0 Å². The first-order valence-corrected chi connectivity index (χ1v) is 11.5. The SMILES string of the molecule is CC(C)(CCCc1ccccc1)NC[C@@H](O)c1cc(CCCC(=O)OC(=O)C(F)(F)F)cc(F)c1F. The molecule has 36 heavy (non-hydrogen) atoms. The summed E-state index contributed by atoms with van der Waals surface area (Å²) < 4.78 is 68.6. The lowest BCUT2D eigenvalue weighted by Crippen LogP contribution is -2.41. The Morgan fingerprint density at radius 1 is 1.00 bits per heavy atom. The van der Waals surface area contributed by atoms with Gasteiger partial charge >= 0.3 is 18.1 Å². The van der Waals surface area contributed by atoms with Crippen LogP contribution < -0.4 is 5.32 Å². The molecule has 0 radical (unpaired) electrons. The van der Waals surface area contributed by atoms with Crippen LogP contribution in [0.25, 0.3) is 0 Å². The second-order valence-electron chi connectivity index (χ2n) is 9.21. The van der Waals surface area contributed by atoms with Crippen LogP contribution in [-0.2, 0) is 27.2 Å². The highest BCUT2D eigenvalue weighted by Crippen LogP contribution is 2.24. The van der Waals surface area contributed by atoms with Gasteiger partial charge < -0.3 is 15.2 Å². The molecule has 0 aliphatic rings. The number of esters is 2. The van der Waals surface area contributed by atoms with E-state index < -0.39 is 42.3 Å². The molecule has 1 atom stereocenters. The predicted molar refractivity (Wildman–Crippen MR) is 123 cm³/mol. The largest absolute Gasteiger partial charge is 0.491 e. The molecule has 0 bridgehead atoms. The van der Waals surface area contributed by atoms with Crippen LogP contribution in [0.3, 0.4) is 0 Å². The fourth-order valence-corrected chi connectivity index (χ4v) is 3.66. The zero-order valence-corrected chi connectivity index (χ0v) is 20.1. The topological polar surface area (TPSA) is 75.6 Å². The van der Waals surface area contributed by atoms with Gasteiger partial charge in [-0.05, 0) is 63.1 Å². The summed E-state index contributed by atoms with van der Waals surface area (Å²) >= 11 is 0. The number of hydrogen-bond donors (Lipinski definition) is 2. The Morgan fingerprint density at radius 3 is 2.28 bits per heavy atom. The van der Waals surface area contributed by atoms with Gasteiger partial charge in [0, 0.05) is 24.1 Å². The minimum atomic E-state index is -5.29. The minimum Gasteiger partial charge on any atom is -0.387 e. The predicted octanol–water partition coefficient (Wildman–Crippen LogP) is 5.34. The number of alkyl halides is 3. The summed E-state index contributed by atoms with van der Waals surface area (Å²) in [5.41, 5.74) is 0.798. The lowest BCUT2D eigenvalue weighted by molar-refractivity contribution is -0.201. The van der Waals surface area contributed by atoms with Crippen molar-refractivity contribution in [1.29, 1.82) is 0 Å². The van der Waals surface area contributed by atoms with Crippen LogP contribution in [0.4, 0.5) is 22.0 Å². The maximum absolute atomic E-state index is 14.4. The maximum atomic E-state index is 14.4. The lowest BCUT2D eigenvalue weighted by Gasteiger charge is -2.28. The summed E-state index contributed by atoms with van der Waals surface area (Å²) in [6.45, 7) is 3.85. The number of hydrogen-bond acceptors (Lipinski definition) is 5. The molecule has 0 aliphatic carbocycles. The van der Waals surface area contributed by atoms with Gasteiger partial charge in [-0.1, -0.05) is 36.4 Å². The zero-order chi connectivity index (χ0) is 26.9. The van der Waals surface area contributed by atoms with Crippen molar-refractivity contribution >= 4 is 11.9 Å². The molecule has 2 rings (SSSR count). The molecular weight excluding hydrogens is 485 g/mol. The number of nitrogens with one attached hydrogen (secondary N) is 1. The van der Waals surface area contributed by atoms with Crippen LogP contribution in [0.5, 0.6) is 0 Å². The highest BCUT2D eigenvalue weighted by molar-refractivity contribution is 5.88. The Balaban J connectivity index is 1.89. The summed E-state index contributed by atoms with van der Waals surface area (Å²) in [6.07, 6.45) is -4.71. The van der Waals surface area contributed by atoms with Crippen LogP contribution in [0, 0.1) is 11.6 Å². The highest BCUT2D eigenvalue weighted by atomic mass is 19.4. The van der Waals surface area contributed by atoms with Crippen molar-refractivity contribution in [1.82, 2.24) is 5.32 Å². The number of carbonyl (C=O) groups excluding carboxylic acids is 2. The smallest absolute Gasteiger partial charge is 0.387 e. The zero-order valence-electron chi connectivity index (χ0n) is 20.1. The second-order valence-corrected chi connectivity index (χ2v) is 9.21. The third-order valence-electron chi connectivity index (χ3n) is 5.64. The molecule has 0 aromatic heterocycles. The average molecular weight is 516 g/mol. The van der Waals surface area contributed by atoms with Gasteiger partial charge in [0.1, 0.15) is 0 Å². The van der Waals surface area contributed by atoms with Gasteiger partial charge in [-0.2, -0.15) is 13.2 Å². The maximum Gasteiger partial charge on any atom is 0.491 e. The standard InChI is InChI=1S/C26H30F5NO4/c1-25(2,13-7-11-17-8-4-3-5-9-17)32-16-21(33)19-14-18(15-20(27)23(19)28)10-6-12-22(34)36-24(35)26(29,30)31/h3-5,8-9,14-15,21,32-33H,6-7,10-13,16H2,1-2H3/t21-/m1/s1. The van der Waals surface area contributed by atoms with Crippen LogP contribution in [-0.4, -0.2) is 35.3 Å². The molecule has 2 aromatic rings. The van der Waals surface area contributed by atoms with E-state index in [1.54, 1.807) is 0 Å². The molecule has 5 nitrogen and oxygen atoms in total. The Morgan fingerprint density at radius 2 is 1.64 bits per heavy atom.